The van der Waals surface area contributed by atoms with Gasteiger partial charge in [0.05, 0.1) is 15.3 Å². The lowest BCUT2D eigenvalue weighted by molar-refractivity contribution is -0.384. The van der Waals surface area contributed by atoms with Crippen LogP contribution in [0.1, 0.15) is 29.3 Å². The van der Waals surface area contributed by atoms with E-state index in [0.29, 0.717) is 0 Å². The van der Waals surface area contributed by atoms with Gasteiger partial charge in [-0.15, -0.1) is 11.3 Å². The number of anilines is 1. The van der Waals surface area contributed by atoms with E-state index in [-0.39, 0.29) is 16.7 Å². The second-order valence-corrected chi connectivity index (χ2v) is 6.59. The van der Waals surface area contributed by atoms with Crippen molar-refractivity contribution in [2.75, 3.05) is 5.32 Å². The highest BCUT2D eigenvalue weighted by atomic mass is 35.5. The third-order valence-corrected chi connectivity index (χ3v) is 4.84. The minimum Gasteiger partial charge on any atom is -0.378 e. The molecular formula is C14H13ClN2O2S. The van der Waals surface area contributed by atoms with Gasteiger partial charge in [-0.25, -0.2) is 0 Å². The Morgan fingerprint density at radius 2 is 2.10 bits per heavy atom. The molecule has 1 aliphatic carbocycles. The van der Waals surface area contributed by atoms with Gasteiger partial charge in [0.2, 0.25) is 0 Å². The molecule has 0 spiro atoms. The molecule has 0 saturated heterocycles. The molecule has 3 rings (SSSR count). The van der Waals surface area contributed by atoms with E-state index in [1.807, 2.05) is 6.07 Å². The topological polar surface area (TPSA) is 55.2 Å². The molecule has 1 aliphatic rings. The van der Waals surface area contributed by atoms with Gasteiger partial charge in [-0.1, -0.05) is 11.6 Å². The van der Waals surface area contributed by atoms with Crippen LogP contribution in [0.5, 0.6) is 0 Å². The molecule has 1 unspecified atom stereocenters. The number of hydrogen-bond donors (Lipinski definition) is 1. The minimum atomic E-state index is -0.388. The van der Waals surface area contributed by atoms with Gasteiger partial charge in [-0.3, -0.25) is 10.1 Å². The standard InChI is InChI=1S/C14H13ClN2O2S/c15-14-8-11-12(2-1-3-13(11)20-14)16-9-4-6-10(7-5-9)17(18)19/h4-8,12,16H,1-3H2. The number of thiophene rings is 1. The molecule has 4 nitrogen and oxygen atoms in total. The van der Waals surface area contributed by atoms with Crippen LogP contribution in [0.2, 0.25) is 4.34 Å². The number of rotatable bonds is 3. The average Bonchev–Trinajstić information content (AvgIpc) is 2.81. The zero-order chi connectivity index (χ0) is 14.1. The molecule has 0 radical (unpaired) electrons. The first-order chi connectivity index (χ1) is 9.63. The zero-order valence-corrected chi connectivity index (χ0v) is 12.2. The second kappa shape index (κ2) is 5.42. The Morgan fingerprint density at radius 3 is 2.80 bits per heavy atom. The molecule has 0 fully saturated rings. The highest BCUT2D eigenvalue weighted by Crippen LogP contribution is 2.39. The zero-order valence-electron chi connectivity index (χ0n) is 10.6. The molecule has 1 heterocycles. The number of nitrogens with zero attached hydrogens (tertiary/aromatic N) is 1. The van der Waals surface area contributed by atoms with E-state index >= 15 is 0 Å². The van der Waals surface area contributed by atoms with Crippen LogP contribution in [0.3, 0.4) is 0 Å². The van der Waals surface area contributed by atoms with Gasteiger partial charge in [0, 0.05) is 22.7 Å². The summed E-state index contributed by atoms with van der Waals surface area (Å²) in [6.07, 6.45) is 3.27. The van der Waals surface area contributed by atoms with Crippen molar-refractivity contribution in [1.29, 1.82) is 0 Å². The number of hydrogen-bond acceptors (Lipinski definition) is 4. The fourth-order valence-corrected chi connectivity index (χ4v) is 3.94. The quantitative estimate of drug-likeness (QED) is 0.654. The lowest BCUT2D eigenvalue weighted by Crippen LogP contribution is -2.15. The van der Waals surface area contributed by atoms with Crippen LogP contribution in [-0.2, 0) is 6.42 Å². The van der Waals surface area contributed by atoms with E-state index < -0.39 is 0 Å². The molecule has 1 atom stereocenters. The maximum atomic E-state index is 10.6. The Hall–Kier alpha value is -1.59. The molecule has 0 amide bonds. The van der Waals surface area contributed by atoms with Gasteiger partial charge in [0.1, 0.15) is 0 Å². The summed E-state index contributed by atoms with van der Waals surface area (Å²) < 4.78 is 0.826. The second-order valence-electron chi connectivity index (χ2n) is 4.82. The Kier molecular flexibility index (Phi) is 3.63. The first-order valence-electron chi connectivity index (χ1n) is 6.42. The van der Waals surface area contributed by atoms with E-state index in [0.717, 1.165) is 29.3 Å². The Balaban J connectivity index is 1.80. The normalized spacial score (nSPS) is 17.6. The van der Waals surface area contributed by atoms with Gasteiger partial charge in [0.15, 0.2) is 0 Å². The highest BCUT2D eigenvalue weighted by Gasteiger charge is 2.22. The lowest BCUT2D eigenvalue weighted by Gasteiger charge is -2.24. The predicted molar refractivity (Wildman–Crippen MR) is 81.7 cm³/mol. The number of fused-ring (bicyclic) bond motifs is 1. The van der Waals surface area contributed by atoms with Crippen molar-refractivity contribution in [3.05, 3.63) is 55.2 Å². The first-order valence-corrected chi connectivity index (χ1v) is 7.62. The number of benzene rings is 1. The van der Waals surface area contributed by atoms with Gasteiger partial charge in [-0.2, -0.15) is 0 Å². The van der Waals surface area contributed by atoms with Crippen LogP contribution < -0.4 is 5.32 Å². The summed E-state index contributed by atoms with van der Waals surface area (Å²) >= 11 is 7.74. The molecule has 20 heavy (non-hydrogen) atoms. The Morgan fingerprint density at radius 1 is 1.35 bits per heavy atom. The smallest absolute Gasteiger partial charge is 0.269 e. The largest absolute Gasteiger partial charge is 0.378 e. The first kappa shape index (κ1) is 13.4. The van der Waals surface area contributed by atoms with Crippen LogP contribution in [0.25, 0.3) is 0 Å². The summed E-state index contributed by atoms with van der Waals surface area (Å²) in [5, 5.41) is 14.1. The molecule has 1 aromatic carbocycles. The molecular weight excluding hydrogens is 296 g/mol. The van der Waals surface area contributed by atoms with Crippen molar-refractivity contribution in [3.63, 3.8) is 0 Å². The van der Waals surface area contributed by atoms with E-state index in [2.05, 4.69) is 5.32 Å². The van der Waals surface area contributed by atoms with Crippen LogP contribution in [0.15, 0.2) is 30.3 Å². The maximum absolute atomic E-state index is 10.6. The summed E-state index contributed by atoms with van der Waals surface area (Å²) in [5.41, 5.74) is 2.28. The molecule has 0 aliphatic heterocycles. The number of halogens is 1. The fraction of sp³-hybridized carbons (Fsp3) is 0.286. The van der Waals surface area contributed by atoms with Crippen molar-refractivity contribution in [2.45, 2.75) is 25.3 Å². The monoisotopic (exact) mass is 308 g/mol. The van der Waals surface area contributed by atoms with Gasteiger partial charge in [0.25, 0.3) is 5.69 Å². The molecule has 104 valence electrons. The van der Waals surface area contributed by atoms with Crippen molar-refractivity contribution in [2.24, 2.45) is 0 Å². The molecule has 1 N–H and O–H groups in total. The number of nitro groups is 1. The number of nitro benzene ring substituents is 1. The molecule has 0 saturated carbocycles. The van der Waals surface area contributed by atoms with E-state index in [1.165, 1.54) is 22.6 Å². The molecule has 2 aromatic rings. The highest BCUT2D eigenvalue weighted by molar-refractivity contribution is 7.16. The van der Waals surface area contributed by atoms with E-state index in [9.17, 15) is 10.1 Å². The van der Waals surface area contributed by atoms with Crippen LogP contribution in [-0.4, -0.2) is 4.92 Å². The van der Waals surface area contributed by atoms with Crippen LogP contribution in [0, 0.1) is 10.1 Å². The number of non-ortho nitro benzene ring substituents is 1. The van der Waals surface area contributed by atoms with Crippen molar-refractivity contribution in [3.8, 4) is 0 Å². The maximum Gasteiger partial charge on any atom is 0.269 e. The summed E-state index contributed by atoms with van der Waals surface area (Å²) in [6.45, 7) is 0. The summed E-state index contributed by atoms with van der Waals surface area (Å²) in [6, 6.07) is 8.81. The summed E-state index contributed by atoms with van der Waals surface area (Å²) in [4.78, 5) is 11.6. The van der Waals surface area contributed by atoms with Crippen molar-refractivity contribution in [1.82, 2.24) is 0 Å². The van der Waals surface area contributed by atoms with Gasteiger partial charge >= 0.3 is 0 Å². The fourth-order valence-electron chi connectivity index (χ4n) is 2.55. The summed E-state index contributed by atoms with van der Waals surface area (Å²) in [7, 11) is 0. The van der Waals surface area contributed by atoms with Crippen molar-refractivity contribution >= 4 is 34.3 Å². The third kappa shape index (κ3) is 2.64. The Bertz CT molecular complexity index is 639. The average molecular weight is 309 g/mol. The lowest BCUT2D eigenvalue weighted by atomic mass is 9.94. The van der Waals surface area contributed by atoms with Crippen LogP contribution in [0.4, 0.5) is 11.4 Å². The predicted octanol–water partition coefficient (Wildman–Crippen LogP) is 4.80. The minimum absolute atomic E-state index is 0.110. The van der Waals surface area contributed by atoms with E-state index in [4.69, 9.17) is 11.6 Å². The molecule has 1 aromatic heterocycles. The van der Waals surface area contributed by atoms with Crippen molar-refractivity contribution < 1.29 is 4.92 Å². The number of aryl methyl sites for hydroxylation is 1. The number of nitrogens with one attached hydrogen (secondary N) is 1. The van der Waals surface area contributed by atoms with E-state index in [1.54, 1.807) is 23.5 Å². The SMILES string of the molecule is O=[N+]([O-])c1ccc(NC2CCCc3sc(Cl)cc32)cc1. The summed E-state index contributed by atoms with van der Waals surface area (Å²) in [5.74, 6) is 0. The Labute approximate surface area is 125 Å². The third-order valence-electron chi connectivity index (χ3n) is 3.50. The van der Waals surface area contributed by atoms with Crippen LogP contribution >= 0.6 is 22.9 Å². The molecule has 6 heteroatoms. The molecule has 0 bridgehead atoms. The van der Waals surface area contributed by atoms with Gasteiger partial charge < -0.3 is 5.32 Å². The van der Waals surface area contributed by atoms with Gasteiger partial charge in [-0.05, 0) is 43.0 Å².